The summed E-state index contributed by atoms with van der Waals surface area (Å²) in [4.78, 5) is 2.11. The van der Waals surface area contributed by atoms with Crippen LogP contribution in [0.2, 0.25) is 0 Å². The number of fused-ring (bicyclic) bond motifs is 1. The van der Waals surface area contributed by atoms with E-state index in [0.29, 0.717) is 17.5 Å². The van der Waals surface area contributed by atoms with Gasteiger partial charge < -0.3 is 4.90 Å². The van der Waals surface area contributed by atoms with E-state index >= 15 is 0 Å². The number of nitrogens with zero attached hydrogens (tertiary/aromatic N) is 5. The molecule has 1 fully saturated rings. The predicted molar refractivity (Wildman–Crippen MR) is 84.8 cm³/mol. The molecule has 126 valence electrons. The quantitative estimate of drug-likeness (QED) is 0.838. The van der Waals surface area contributed by atoms with Crippen molar-refractivity contribution >= 4 is 11.5 Å². The summed E-state index contributed by atoms with van der Waals surface area (Å²) in [5, 5.41) is 11.6. The zero-order valence-corrected chi connectivity index (χ0v) is 13.6. The Balaban J connectivity index is 1.76. The standard InChI is InChI=1S/C16H23F2N5/c1-3-4-11-5-7-12(8-6-11)22(2)14-10-9-13-19-20-16(15(17)18)23(13)21-14/h9-12,15H,3-8H2,1-2H3. The summed E-state index contributed by atoms with van der Waals surface area (Å²) in [6.07, 6.45) is 4.60. The molecule has 1 aliphatic rings. The SMILES string of the molecule is CCCC1CCC(N(C)c2ccc3nnc(C(F)F)n3n2)CC1. The highest BCUT2D eigenvalue weighted by Gasteiger charge is 2.25. The third-order valence-electron chi connectivity index (χ3n) is 4.89. The highest BCUT2D eigenvalue weighted by molar-refractivity contribution is 5.46. The van der Waals surface area contributed by atoms with Crippen LogP contribution in [0.15, 0.2) is 12.1 Å². The molecule has 0 aromatic carbocycles. The van der Waals surface area contributed by atoms with Gasteiger partial charge >= 0.3 is 0 Å². The average Bonchev–Trinajstić information content (AvgIpc) is 2.98. The van der Waals surface area contributed by atoms with Gasteiger partial charge in [0.2, 0.25) is 5.82 Å². The van der Waals surface area contributed by atoms with Crippen LogP contribution in [-0.2, 0) is 0 Å². The topological polar surface area (TPSA) is 46.3 Å². The number of anilines is 1. The van der Waals surface area contributed by atoms with Gasteiger partial charge in [-0.1, -0.05) is 19.8 Å². The maximum Gasteiger partial charge on any atom is 0.299 e. The highest BCUT2D eigenvalue weighted by Crippen LogP contribution is 2.31. The van der Waals surface area contributed by atoms with Crippen molar-refractivity contribution in [2.45, 2.75) is 57.9 Å². The minimum Gasteiger partial charge on any atom is -0.355 e. The van der Waals surface area contributed by atoms with Crippen LogP contribution >= 0.6 is 0 Å². The molecule has 2 aromatic heterocycles. The van der Waals surface area contributed by atoms with Crippen molar-refractivity contribution in [3.63, 3.8) is 0 Å². The summed E-state index contributed by atoms with van der Waals surface area (Å²) in [5.74, 6) is 1.13. The van der Waals surface area contributed by atoms with Crippen LogP contribution in [0.1, 0.15) is 57.7 Å². The van der Waals surface area contributed by atoms with E-state index in [1.165, 1.54) is 25.7 Å². The van der Waals surface area contributed by atoms with E-state index in [1.54, 1.807) is 6.07 Å². The number of rotatable bonds is 5. The largest absolute Gasteiger partial charge is 0.355 e. The fraction of sp³-hybridized carbons (Fsp3) is 0.688. The number of hydrogen-bond acceptors (Lipinski definition) is 4. The third kappa shape index (κ3) is 3.28. The molecule has 23 heavy (non-hydrogen) atoms. The molecular weight excluding hydrogens is 300 g/mol. The van der Waals surface area contributed by atoms with Crippen LogP contribution in [0.5, 0.6) is 0 Å². The molecule has 0 N–H and O–H groups in total. The van der Waals surface area contributed by atoms with E-state index in [1.807, 2.05) is 13.1 Å². The van der Waals surface area contributed by atoms with E-state index in [2.05, 4.69) is 27.1 Å². The van der Waals surface area contributed by atoms with E-state index in [0.717, 1.165) is 23.3 Å². The van der Waals surface area contributed by atoms with Gasteiger partial charge in [-0.05, 0) is 43.7 Å². The molecule has 0 saturated heterocycles. The van der Waals surface area contributed by atoms with Gasteiger partial charge in [0.25, 0.3) is 6.43 Å². The fourth-order valence-electron chi connectivity index (χ4n) is 3.54. The van der Waals surface area contributed by atoms with Crippen molar-refractivity contribution in [2.75, 3.05) is 11.9 Å². The van der Waals surface area contributed by atoms with Crippen LogP contribution in [0.3, 0.4) is 0 Å². The summed E-state index contributed by atoms with van der Waals surface area (Å²) >= 11 is 0. The van der Waals surface area contributed by atoms with Gasteiger partial charge in [0, 0.05) is 13.1 Å². The maximum atomic E-state index is 13.0. The Morgan fingerprint density at radius 1 is 1.22 bits per heavy atom. The third-order valence-corrected chi connectivity index (χ3v) is 4.89. The first-order valence-electron chi connectivity index (χ1n) is 8.33. The predicted octanol–water partition coefficient (Wildman–Crippen LogP) is 3.86. The van der Waals surface area contributed by atoms with Gasteiger partial charge in [-0.15, -0.1) is 15.3 Å². The number of aromatic nitrogens is 4. The van der Waals surface area contributed by atoms with Crippen molar-refractivity contribution in [1.82, 2.24) is 19.8 Å². The summed E-state index contributed by atoms with van der Waals surface area (Å²) in [5.41, 5.74) is 0.351. The van der Waals surface area contributed by atoms with Gasteiger partial charge in [0.15, 0.2) is 5.65 Å². The van der Waals surface area contributed by atoms with Crippen LogP contribution in [0, 0.1) is 5.92 Å². The second kappa shape index (κ2) is 6.76. The maximum absolute atomic E-state index is 13.0. The monoisotopic (exact) mass is 323 g/mol. The van der Waals surface area contributed by atoms with E-state index in [-0.39, 0.29) is 0 Å². The molecule has 1 saturated carbocycles. The lowest BCUT2D eigenvalue weighted by atomic mass is 9.83. The summed E-state index contributed by atoms with van der Waals surface area (Å²) in [6.45, 7) is 2.23. The highest BCUT2D eigenvalue weighted by atomic mass is 19.3. The Morgan fingerprint density at radius 2 is 1.96 bits per heavy atom. The number of alkyl halides is 2. The fourth-order valence-corrected chi connectivity index (χ4v) is 3.54. The van der Waals surface area contributed by atoms with Crippen LogP contribution in [-0.4, -0.2) is 32.9 Å². The molecule has 5 nitrogen and oxygen atoms in total. The Kier molecular flexibility index (Phi) is 4.73. The average molecular weight is 323 g/mol. The molecule has 1 aliphatic carbocycles. The lowest BCUT2D eigenvalue weighted by Crippen LogP contribution is -2.36. The van der Waals surface area contributed by atoms with E-state index in [9.17, 15) is 8.78 Å². The Hall–Kier alpha value is -1.79. The van der Waals surface area contributed by atoms with Crippen LogP contribution in [0.4, 0.5) is 14.6 Å². The number of halogens is 2. The van der Waals surface area contributed by atoms with Crippen molar-refractivity contribution in [3.8, 4) is 0 Å². The normalized spacial score (nSPS) is 22.0. The summed E-state index contributed by atoms with van der Waals surface area (Å²) in [7, 11) is 1.99. The minimum absolute atomic E-state index is 0.351. The lowest BCUT2D eigenvalue weighted by molar-refractivity contribution is 0.137. The zero-order valence-electron chi connectivity index (χ0n) is 13.6. The summed E-state index contributed by atoms with van der Waals surface area (Å²) < 4.78 is 27.1. The molecule has 2 heterocycles. The molecule has 0 spiro atoms. The molecular formula is C16H23F2N5. The van der Waals surface area contributed by atoms with Gasteiger partial charge in [-0.3, -0.25) is 0 Å². The van der Waals surface area contributed by atoms with Gasteiger partial charge in [-0.25, -0.2) is 8.78 Å². The molecule has 0 aliphatic heterocycles. The molecule has 2 aromatic rings. The molecule has 0 unspecified atom stereocenters. The minimum atomic E-state index is -2.68. The molecule has 0 amide bonds. The zero-order chi connectivity index (χ0) is 16.4. The Bertz CT molecular complexity index is 649. The van der Waals surface area contributed by atoms with E-state index in [4.69, 9.17) is 0 Å². The second-order valence-corrected chi connectivity index (χ2v) is 6.39. The summed E-state index contributed by atoms with van der Waals surface area (Å²) in [6, 6.07) is 3.94. The smallest absolute Gasteiger partial charge is 0.299 e. The van der Waals surface area contributed by atoms with Crippen molar-refractivity contribution in [2.24, 2.45) is 5.92 Å². The van der Waals surface area contributed by atoms with Crippen molar-refractivity contribution < 1.29 is 8.78 Å². The first-order valence-corrected chi connectivity index (χ1v) is 8.33. The molecule has 0 atom stereocenters. The lowest BCUT2D eigenvalue weighted by Gasteiger charge is -2.35. The molecule has 0 radical (unpaired) electrons. The van der Waals surface area contributed by atoms with Crippen LogP contribution < -0.4 is 4.90 Å². The van der Waals surface area contributed by atoms with E-state index < -0.39 is 12.2 Å². The Labute approximate surface area is 134 Å². The van der Waals surface area contributed by atoms with Crippen LogP contribution in [0.25, 0.3) is 5.65 Å². The second-order valence-electron chi connectivity index (χ2n) is 6.39. The molecule has 3 rings (SSSR count). The van der Waals surface area contributed by atoms with Gasteiger partial charge in [-0.2, -0.15) is 4.52 Å². The van der Waals surface area contributed by atoms with Crippen molar-refractivity contribution in [1.29, 1.82) is 0 Å². The number of hydrogen-bond donors (Lipinski definition) is 0. The van der Waals surface area contributed by atoms with Gasteiger partial charge in [0.05, 0.1) is 0 Å². The van der Waals surface area contributed by atoms with Crippen molar-refractivity contribution in [3.05, 3.63) is 18.0 Å². The molecule has 0 bridgehead atoms. The Morgan fingerprint density at radius 3 is 2.61 bits per heavy atom. The molecule has 7 heteroatoms. The first-order chi connectivity index (χ1) is 11.1. The van der Waals surface area contributed by atoms with Gasteiger partial charge in [0.1, 0.15) is 5.82 Å². The first kappa shape index (κ1) is 16.1.